The van der Waals surface area contributed by atoms with E-state index in [1.807, 2.05) is 6.07 Å². The first-order chi connectivity index (χ1) is 7.50. The summed E-state index contributed by atoms with van der Waals surface area (Å²) in [6.45, 7) is 2.39. The van der Waals surface area contributed by atoms with Crippen molar-refractivity contribution in [1.82, 2.24) is 9.80 Å². The molecule has 86 valence electrons. The van der Waals surface area contributed by atoms with Crippen LogP contribution in [0.2, 0.25) is 0 Å². The number of hydrogen-bond acceptors (Lipinski definition) is 1. The van der Waals surface area contributed by atoms with Gasteiger partial charge in [0.05, 0.1) is 6.04 Å². The van der Waals surface area contributed by atoms with Gasteiger partial charge in [0.1, 0.15) is 5.82 Å². The van der Waals surface area contributed by atoms with E-state index < -0.39 is 0 Å². The van der Waals surface area contributed by atoms with Crippen molar-refractivity contribution in [2.45, 2.75) is 13.0 Å². The number of carbonyl (C=O) groups excluding carboxylic acids is 1. The quantitative estimate of drug-likeness (QED) is 0.714. The van der Waals surface area contributed by atoms with Crippen LogP contribution in [0.1, 0.15) is 17.2 Å². The minimum Gasteiger partial charge on any atom is -0.325 e. The molecule has 1 atom stereocenters. The van der Waals surface area contributed by atoms with Crippen LogP contribution >= 0.6 is 0 Å². The van der Waals surface area contributed by atoms with E-state index in [0.717, 1.165) is 5.56 Å². The highest BCUT2D eigenvalue weighted by Gasteiger charge is 2.33. The summed E-state index contributed by atoms with van der Waals surface area (Å²) in [6.07, 6.45) is 0. The highest BCUT2D eigenvalue weighted by Crippen LogP contribution is 2.27. The summed E-state index contributed by atoms with van der Waals surface area (Å²) in [4.78, 5) is 15.0. The minimum absolute atomic E-state index is 0.00646. The fourth-order valence-corrected chi connectivity index (χ4v) is 2.07. The van der Waals surface area contributed by atoms with Crippen LogP contribution in [0.3, 0.4) is 0 Å². The summed E-state index contributed by atoms with van der Waals surface area (Å²) >= 11 is 0. The molecule has 2 amide bonds. The smallest absolute Gasteiger partial charge is 0.320 e. The summed E-state index contributed by atoms with van der Waals surface area (Å²) in [5.74, 6) is -0.205. The molecule has 0 spiro atoms. The van der Waals surface area contributed by atoms with Crippen molar-refractivity contribution in [2.24, 2.45) is 0 Å². The van der Waals surface area contributed by atoms with E-state index in [4.69, 9.17) is 0 Å². The molecule has 4 heteroatoms. The number of aryl methyl sites for hydroxylation is 1. The van der Waals surface area contributed by atoms with Crippen LogP contribution in [0.15, 0.2) is 18.2 Å². The largest absolute Gasteiger partial charge is 0.325 e. The number of nitrogens with zero attached hydrogens (tertiary/aromatic N) is 2. The van der Waals surface area contributed by atoms with Crippen molar-refractivity contribution >= 4 is 6.03 Å². The van der Waals surface area contributed by atoms with Gasteiger partial charge in [0, 0.05) is 20.6 Å². The second-order valence-electron chi connectivity index (χ2n) is 4.30. The lowest BCUT2D eigenvalue weighted by Crippen LogP contribution is -2.26. The molecule has 1 unspecified atom stereocenters. The standard InChI is InChI=1S/C12H15FN2O/c1-8-6-9(4-5-10(8)13)11-7-14(2)12(16)15(11)3/h4-6,11H,7H2,1-3H3. The molecular formula is C12H15FN2O. The number of hydrogen-bond donors (Lipinski definition) is 0. The summed E-state index contributed by atoms with van der Waals surface area (Å²) in [7, 11) is 3.55. The van der Waals surface area contributed by atoms with Crippen LogP contribution in [0, 0.1) is 12.7 Å². The second kappa shape index (κ2) is 3.77. The van der Waals surface area contributed by atoms with Crippen LogP contribution in [-0.2, 0) is 0 Å². The first-order valence-corrected chi connectivity index (χ1v) is 5.24. The average Bonchev–Trinajstić information content (AvgIpc) is 2.50. The molecule has 0 aromatic heterocycles. The van der Waals surface area contributed by atoms with Gasteiger partial charge in [-0.1, -0.05) is 12.1 Å². The number of urea groups is 1. The lowest BCUT2D eigenvalue weighted by Gasteiger charge is -2.18. The van der Waals surface area contributed by atoms with Gasteiger partial charge in [0.15, 0.2) is 0 Å². The van der Waals surface area contributed by atoms with Gasteiger partial charge in [-0.15, -0.1) is 0 Å². The van der Waals surface area contributed by atoms with Gasteiger partial charge >= 0.3 is 6.03 Å². The lowest BCUT2D eigenvalue weighted by molar-refractivity contribution is 0.201. The molecule has 1 heterocycles. The molecule has 1 aromatic carbocycles. The zero-order valence-electron chi connectivity index (χ0n) is 9.70. The van der Waals surface area contributed by atoms with Gasteiger partial charge < -0.3 is 9.80 Å². The second-order valence-corrected chi connectivity index (χ2v) is 4.30. The first-order valence-electron chi connectivity index (χ1n) is 5.24. The number of amides is 2. The molecule has 0 bridgehead atoms. The van der Waals surface area contributed by atoms with E-state index in [2.05, 4.69) is 0 Å². The summed E-state index contributed by atoms with van der Waals surface area (Å²) in [6, 6.07) is 5.05. The Morgan fingerprint density at radius 3 is 2.56 bits per heavy atom. The Morgan fingerprint density at radius 2 is 2.06 bits per heavy atom. The maximum absolute atomic E-state index is 13.1. The van der Waals surface area contributed by atoms with Gasteiger partial charge in [-0.3, -0.25) is 0 Å². The van der Waals surface area contributed by atoms with Gasteiger partial charge in [-0.05, 0) is 24.1 Å². The molecular weight excluding hydrogens is 207 g/mol. The van der Waals surface area contributed by atoms with E-state index in [0.29, 0.717) is 12.1 Å². The van der Waals surface area contributed by atoms with Gasteiger partial charge in [-0.25, -0.2) is 9.18 Å². The molecule has 1 aliphatic rings. The van der Waals surface area contributed by atoms with Crippen LogP contribution in [0.25, 0.3) is 0 Å². The van der Waals surface area contributed by atoms with E-state index in [-0.39, 0.29) is 17.9 Å². The fourth-order valence-electron chi connectivity index (χ4n) is 2.07. The minimum atomic E-state index is -0.205. The molecule has 1 fully saturated rings. The number of rotatable bonds is 1. The summed E-state index contributed by atoms with van der Waals surface area (Å²) in [5.41, 5.74) is 1.60. The third kappa shape index (κ3) is 1.64. The van der Waals surface area contributed by atoms with Crippen molar-refractivity contribution in [3.8, 4) is 0 Å². The highest BCUT2D eigenvalue weighted by molar-refractivity contribution is 5.76. The Bertz CT molecular complexity index is 433. The van der Waals surface area contributed by atoms with Gasteiger partial charge in [-0.2, -0.15) is 0 Å². The molecule has 1 aliphatic heterocycles. The van der Waals surface area contributed by atoms with Gasteiger partial charge in [0.25, 0.3) is 0 Å². The Labute approximate surface area is 94.5 Å². The Balaban J connectivity index is 2.32. The predicted octanol–water partition coefficient (Wildman–Crippen LogP) is 2.17. The monoisotopic (exact) mass is 222 g/mol. The Morgan fingerprint density at radius 1 is 1.38 bits per heavy atom. The molecule has 16 heavy (non-hydrogen) atoms. The molecule has 1 aromatic rings. The normalized spacial score (nSPS) is 20.8. The van der Waals surface area contributed by atoms with Crippen LogP contribution < -0.4 is 0 Å². The zero-order chi connectivity index (χ0) is 11.9. The summed E-state index contributed by atoms with van der Waals surface area (Å²) < 4.78 is 13.1. The van der Waals surface area contributed by atoms with Crippen molar-refractivity contribution < 1.29 is 9.18 Å². The predicted molar refractivity (Wildman–Crippen MR) is 59.7 cm³/mol. The van der Waals surface area contributed by atoms with Crippen LogP contribution in [-0.4, -0.2) is 36.5 Å². The number of carbonyl (C=O) groups is 1. The van der Waals surface area contributed by atoms with E-state index in [1.165, 1.54) is 6.07 Å². The maximum atomic E-state index is 13.1. The molecule has 0 aliphatic carbocycles. The summed E-state index contributed by atoms with van der Waals surface area (Å²) in [5, 5.41) is 0. The lowest BCUT2D eigenvalue weighted by atomic mass is 10.0. The average molecular weight is 222 g/mol. The van der Waals surface area contributed by atoms with Crippen molar-refractivity contribution in [2.75, 3.05) is 20.6 Å². The molecule has 3 nitrogen and oxygen atoms in total. The van der Waals surface area contributed by atoms with E-state index >= 15 is 0 Å². The SMILES string of the molecule is Cc1cc(C2CN(C)C(=O)N2C)ccc1F. The van der Waals surface area contributed by atoms with Crippen molar-refractivity contribution in [1.29, 1.82) is 0 Å². The molecule has 0 N–H and O–H groups in total. The maximum Gasteiger partial charge on any atom is 0.320 e. The number of benzene rings is 1. The highest BCUT2D eigenvalue weighted by atomic mass is 19.1. The van der Waals surface area contributed by atoms with Crippen LogP contribution in [0.5, 0.6) is 0 Å². The van der Waals surface area contributed by atoms with Crippen molar-refractivity contribution in [3.05, 3.63) is 35.1 Å². The van der Waals surface area contributed by atoms with E-state index in [1.54, 1.807) is 36.9 Å². The topological polar surface area (TPSA) is 23.6 Å². The van der Waals surface area contributed by atoms with Crippen LogP contribution in [0.4, 0.5) is 9.18 Å². The molecule has 1 saturated heterocycles. The van der Waals surface area contributed by atoms with E-state index in [9.17, 15) is 9.18 Å². The fraction of sp³-hybridized carbons (Fsp3) is 0.417. The number of likely N-dealkylation sites (N-methyl/N-ethyl adjacent to an activating group) is 2. The molecule has 0 radical (unpaired) electrons. The van der Waals surface area contributed by atoms with Crippen molar-refractivity contribution in [3.63, 3.8) is 0 Å². The third-order valence-corrected chi connectivity index (χ3v) is 3.11. The first kappa shape index (κ1) is 10.9. The molecule has 2 rings (SSSR count). The molecule has 0 saturated carbocycles. The zero-order valence-corrected chi connectivity index (χ0v) is 9.70. The Hall–Kier alpha value is -1.58. The van der Waals surface area contributed by atoms with Gasteiger partial charge in [0.2, 0.25) is 0 Å². The third-order valence-electron chi connectivity index (χ3n) is 3.11. The number of halogens is 1. The Kier molecular flexibility index (Phi) is 2.58.